The van der Waals surface area contributed by atoms with Gasteiger partial charge < -0.3 is 15.3 Å². The zero-order chi connectivity index (χ0) is 13.0. The monoisotopic (exact) mass is 256 g/mol. The third-order valence-electron chi connectivity index (χ3n) is 3.68. The third-order valence-corrected chi connectivity index (χ3v) is 3.68. The molecule has 0 radical (unpaired) electrons. The zero-order valence-electron chi connectivity index (χ0n) is 11.1. The normalized spacial score (nSPS) is 25.4. The van der Waals surface area contributed by atoms with Crippen LogP contribution in [0.25, 0.3) is 0 Å². The van der Waals surface area contributed by atoms with Gasteiger partial charge in [0.05, 0.1) is 12.6 Å². The SMILES string of the molecule is CN1CCN(CC(O)CN2CCNCC2)CC1=O. The maximum Gasteiger partial charge on any atom is 0.236 e. The van der Waals surface area contributed by atoms with Gasteiger partial charge >= 0.3 is 0 Å². The summed E-state index contributed by atoms with van der Waals surface area (Å²) in [5.41, 5.74) is 0. The van der Waals surface area contributed by atoms with Gasteiger partial charge in [0, 0.05) is 59.4 Å². The zero-order valence-corrected chi connectivity index (χ0v) is 11.1. The maximum atomic E-state index is 11.6. The van der Waals surface area contributed by atoms with Crippen molar-refractivity contribution in [3.8, 4) is 0 Å². The Bertz CT molecular complexity index is 281. The van der Waals surface area contributed by atoms with Crippen LogP contribution in [0.4, 0.5) is 0 Å². The van der Waals surface area contributed by atoms with E-state index in [1.165, 1.54) is 0 Å². The van der Waals surface area contributed by atoms with Crippen molar-refractivity contribution < 1.29 is 9.90 Å². The Morgan fingerprint density at radius 1 is 1.17 bits per heavy atom. The molecule has 2 fully saturated rings. The molecule has 1 atom stereocenters. The van der Waals surface area contributed by atoms with Crippen LogP contribution in [0.15, 0.2) is 0 Å². The van der Waals surface area contributed by atoms with Crippen LogP contribution in [0.1, 0.15) is 0 Å². The molecule has 2 N–H and O–H groups in total. The second kappa shape index (κ2) is 6.47. The van der Waals surface area contributed by atoms with Gasteiger partial charge in [-0.3, -0.25) is 14.6 Å². The number of rotatable bonds is 4. The number of carbonyl (C=O) groups excluding carboxylic acids is 1. The number of likely N-dealkylation sites (N-methyl/N-ethyl adjacent to an activating group) is 1. The molecule has 0 aromatic heterocycles. The predicted molar refractivity (Wildman–Crippen MR) is 69.4 cm³/mol. The summed E-state index contributed by atoms with van der Waals surface area (Å²) in [5.74, 6) is 0.149. The first-order valence-electron chi connectivity index (χ1n) is 6.72. The molecule has 6 heteroatoms. The quantitative estimate of drug-likeness (QED) is 0.611. The molecular formula is C12H24N4O2. The summed E-state index contributed by atoms with van der Waals surface area (Å²) in [5, 5.41) is 13.4. The average molecular weight is 256 g/mol. The van der Waals surface area contributed by atoms with E-state index in [0.29, 0.717) is 19.6 Å². The van der Waals surface area contributed by atoms with Gasteiger partial charge in [0.1, 0.15) is 0 Å². The fourth-order valence-corrected chi connectivity index (χ4v) is 2.51. The number of β-amino-alcohol motifs (C(OH)–C–C–N with tert-alkyl or cyclic N) is 1. The summed E-state index contributed by atoms with van der Waals surface area (Å²) in [6.07, 6.45) is -0.362. The first-order chi connectivity index (χ1) is 8.65. The third kappa shape index (κ3) is 3.91. The van der Waals surface area contributed by atoms with Crippen LogP contribution in [0.3, 0.4) is 0 Å². The van der Waals surface area contributed by atoms with E-state index in [-0.39, 0.29) is 12.0 Å². The van der Waals surface area contributed by atoms with E-state index < -0.39 is 0 Å². The van der Waals surface area contributed by atoms with Crippen molar-refractivity contribution in [1.29, 1.82) is 0 Å². The van der Waals surface area contributed by atoms with Gasteiger partial charge in [-0.1, -0.05) is 0 Å². The fourth-order valence-electron chi connectivity index (χ4n) is 2.51. The van der Waals surface area contributed by atoms with E-state index in [4.69, 9.17) is 0 Å². The van der Waals surface area contributed by atoms with Crippen molar-refractivity contribution in [3.63, 3.8) is 0 Å². The summed E-state index contributed by atoms with van der Waals surface area (Å²) in [6, 6.07) is 0. The number of amides is 1. The van der Waals surface area contributed by atoms with Crippen LogP contribution in [0.5, 0.6) is 0 Å². The Morgan fingerprint density at radius 3 is 2.50 bits per heavy atom. The lowest BCUT2D eigenvalue weighted by Gasteiger charge is -2.35. The molecule has 2 rings (SSSR count). The van der Waals surface area contributed by atoms with Gasteiger partial charge in [0.25, 0.3) is 0 Å². The van der Waals surface area contributed by atoms with E-state index in [0.717, 1.165) is 39.3 Å². The average Bonchev–Trinajstić information content (AvgIpc) is 2.35. The van der Waals surface area contributed by atoms with Crippen molar-refractivity contribution in [2.75, 3.05) is 66.0 Å². The lowest BCUT2D eigenvalue weighted by molar-refractivity contribution is -0.134. The minimum atomic E-state index is -0.362. The minimum absolute atomic E-state index is 0.149. The number of nitrogens with one attached hydrogen (secondary N) is 1. The molecule has 0 aliphatic carbocycles. The van der Waals surface area contributed by atoms with Crippen LogP contribution in [-0.2, 0) is 4.79 Å². The molecule has 2 aliphatic rings. The Labute approximate surface area is 109 Å². The van der Waals surface area contributed by atoms with Crippen molar-refractivity contribution in [2.45, 2.75) is 6.10 Å². The van der Waals surface area contributed by atoms with E-state index in [1.807, 2.05) is 7.05 Å². The molecule has 0 aromatic carbocycles. The molecule has 2 aliphatic heterocycles. The van der Waals surface area contributed by atoms with Crippen LogP contribution in [0.2, 0.25) is 0 Å². The second-order valence-corrected chi connectivity index (χ2v) is 5.25. The summed E-state index contributed by atoms with van der Waals surface area (Å²) in [7, 11) is 1.83. The number of aliphatic hydroxyl groups is 1. The van der Waals surface area contributed by atoms with Gasteiger partial charge in [0.15, 0.2) is 0 Å². The van der Waals surface area contributed by atoms with Gasteiger partial charge in [-0.2, -0.15) is 0 Å². The Morgan fingerprint density at radius 2 is 1.83 bits per heavy atom. The Balaban J connectivity index is 1.70. The largest absolute Gasteiger partial charge is 0.390 e. The first-order valence-corrected chi connectivity index (χ1v) is 6.72. The molecule has 2 saturated heterocycles. The van der Waals surface area contributed by atoms with Gasteiger partial charge in [0.2, 0.25) is 5.91 Å². The molecule has 0 saturated carbocycles. The molecule has 0 spiro atoms. The van der Waals surface area contributed by atoms with Crippen molar-refractivity contribution in [3.05, 3.63) is 0 Å². The van der Waals surface area contributed by atoms with Gasteiger partial charge in [-0.25, -0.2) is 0 Å². The molecule has 6 nitrogen and oxygen atoms in total. The maximum absolute atomic E-state index is 11.6. The summed E-state index contributed by atoms with van der Waals surface area (Å²) < 4.78 is 0. The summed E-state index contributed by atoms with van der Waals surface area (Å²) >= 11 is 0. The Hall–Kier alpha value is -0.690. The molecule has 1 unspecified atom stereocenters. The van der Waals surface area contributed by atoms with Crippen molar-refractivity contribution in [2.24, 2.45) is 0 Å². The van der Waals surface area contributed by atoms with E-state index in [2.05, 4.69) is 15.1 Å². The van der Waals surface area contributed by atoms with E-state index >= 15 is 0 Å². The molecule has 18 heavy (non-hydrogen) atoms. The second-order valence-electron chi connectivity index (χ2n) is 5.25. The van der Waals surface area contributed by atoms with Crippen LogP contribution in [-0.4, -0.2) is 97.8 Å². The molecule has 0 aromatic rings. The van der Waals surface area contributed by atoms with E-state index in [9.17, 15) is 9.90 Å². The van der Waals surface area contributed by atoms with Gasteiger partial charge in [-0.05, 0) is 0 Å². The Kier molecular flexibility index (Phi) is 4.94. The number of hydrogen-bond donors (Lipinski definition) is 2. The topological polar surface area (TPSA) is 59.1 Å². The smallest absolute Gasteiger partial charge is 0.236 e. The molecular weight excluding hydrogens is 232 g/mol. The molecule has 2 heterocycles. The van der Waals surface area contributed by atoms with Gasteiger partial charge in [-0.15, -0.1) is 0 Å². The van der Waals surface area contributed by atoms with Crippen LogP contribution < -0.4 is 5.32 Å². The highest BCUT2D eigenvalue weighted by molar-refractivity contribution is 5.78. The summed E-state index contributed by atoms with van der Waals surface area (Å²) in [4.78, 5) is 17.6. The molecule has 1 amide bonds. The highest BCUT2D eigenvalue weighted by atomic mass is 16.3. The highest BCUT2D eigenvalue weighted by Gasteiger charge is 2.23. The standard InChI is InChI=1S/C12H24N4O2/c1-14-6-7-16(10-12(14)18)9-11(17)8-15-4-2-13-3-5-15/h11,13,17H,2-10H2,1H3. The number of piperazine rings is 2. The fraction of sp³-hybridized carbons (Fsp3) is 0.917. The van der Waals surface area contributed by atoms with Crippen LogP contribution >= 0.6 is 0 Å². The first kappa shape index (κ1) is 13.7. The lowest BCUT2D eigenvalue weighted by Crippen LogP contribution is -2.52. The number of carbonyl (C=O) groups is 1. The van der Waals surface area contributed by atoms with E-state index in [1.54, 1.807) is 4.90 Å². The van der Waals surface area contributed by atoms with Crippen molar-refractivity contribution >= 4 is 5.91 Å². The number of hydrogen-bond acceptors (Lipinski definition) is 5. The summed E-state index contributed by atoms with van der Waals surface area (Å²) in [6.45, 7) is 7.37. The molecule has 0 bridgehead atoms. The predicted octanol–water partition coefficient (Wildman–Crippen LogP) is -1.97. The minimum Gasteiger partial charge on any atom is -0.390 e. The number of nitrogens with zero attached hydrogens (tertiary/aromatic N) is 3. The number of aliphatic hydroxyl groups excluding tert-OH is 1. The van der Waals surface area contributed by atoms with Crippen molar-refractivity contribution in [1.82, 2.24) is 20.0 Å². The molecule has 104 valence electrons. The lowest BCUT2D eigenvalue weighted by atomic mass is 10.2. The highest BCUT2D eigenvalue weighted by Crippen LogP contribution is 2.03. The van der Waals surface area contributed by atoms with Crippen LogP contribution in [0, 0.1) is 0 Å².